The van der Waals surface area contributed by atoms with E-state index in [4.69, 9.17) is 34.8 Å². The van der Waals surface area contributed by atoms with Gasteiger partial charge in [0.2, 0.25) is 10.0 Å². The van der Waals surface area contributed by atoms with Crippen molar-refractivity contribution < 1.29 is 12.8 Å². The topological polar surface area (TPSA) is 37.4 Å². The summed E-state index contributed by atoms with van der Waals surface area (Å²) in [6, 6.07) is 3.17. The molecule has 0 radical (unpaired) electrons. The molecule has 0 aliphatic rings. The third-order valence-corrected chi connectivity index (χ3v) is 4.90. The summed E-state index contributed by atoms with van der Waals surface area (Å²) in [5.41, 5.74) is 0. The van der Waals surface area contributed by atoms with Crippen molar-refractivity contribution >= 4 is 44.8 Å². The Kier molecular flexibility index (Phi) is 6.14. The first kappa shape index (κ1) is 16.0. The van der Waals surface area contributed by atoms with E-state index in [0.717, 1.165) is 16.4 Å². The third-order valence-electron chi connectivity index (χ3n) is 2.18. The zero-order valence-corrected chi connectivity index (χ0v) is 12.3. The Morgan fingerprint density at radius 2 is 1.72 bits per heavy atom. The lowest BCUT2D eigenvalue weighted by Gasteiger charge is -2.20. The third kappa shape index (κ3) is 3.71. The minimum absolute atomic E-state index is 0.0365. The molecule has 0 saturated heterocycles. The maximum Gasteiger partial charge on any atom is 0.244 e. The van der Waals surface area contributed by atoms with Gasteiger partial charge in [0.05, 0.1) is 5.02 Å². The fraction of sp³-hybridized carbons (Fsp3) is 0.400. The smallest absolute Gasteiger partial charge is 0.207 e. The minimum Gasteiger partial charge on any atom is -0.207 e. The SMILES string of the molecule is O=S(=O)(c1cc(F)ccc1Cl)N(CCCl)CCCl. The zero-order valence-electron chi connectivity index (χ0n) is 9.24. The second-order valence-electron chi connectivity index (χ2n) is 3.36. The Hall–Kier alpha value is -0.0700. The van der Waals surface area contributed by atoms with Crippen LogP contribution in [0.15, 0.2) is 23.1 Å². The van der Waals surface area contributed by atoms with E-state index in [0.29, 0.717) is 0 Å². The highest BCUT2D eigenvalue weighted by molar-refractivity contribution is 7.89. The second-order valence-corrected chi connectivity index (χ2v) is 6.43. The highest BCUT2D eigenvalue weighted by atomic mass is 35.5. The summed E-state index contributed by atoms with van der Waals surface area (Å²) in [4.78, 5) is -0.278. The lowest BCUT2D eigenvalue weighted by molar-refractivity contribution is 0.448. The van der Waals surface area contributed by atoms with Gasteiger partial charge in [-0.15, -0.1) is 23.2 Å². The Morgan fingerprint density at radius 3 is 2.22 bits per heavy atom. The van der Waals surface area contributed by atoms with Gasteiger partial charge in [-0.05, 0) is 18.2 Å². The molecule has 18 heavy (non-hydrogen) atoms. The maximum atomic E-state index is 13.1. The molecule has 1 aromatic rings. The van der Waals surface area contributed by atoms with Crippen LogP contribution in [0.4, 0.5) is 4.39 Å². The summed E-state index contributed by atoms with van der Waals surface area (Å²) in [6.07, 6.45) is 0. The van der Waals surface area contributed by atoms with E-state index >= 15 is 0 Å². The minimum atomic E-state index is -3.89. The van der Waals surface area contributed by atoms with Crippen molar-refractivity contribution in [3.63, 3.8) is 0 Å². The fourth-order valence-corrected chi connectivity index (χ4v) is 3.89. The summed E-state index contributed by atoms with van der Waals surface area (Å²) in [7, 11) is -3.89. The zero-order chi connectivity index (χ0) is 13.8. The van der Waals surface area contributed by atoms with Gasteiger partial charge in [-0.2, -0.15) is 4.31 Å². The van der Waals surface area contributed by atoms with Crippen LogP contribution in [0.2, 0.25) is 5.02 Å². The van der Waals surface area contributed by atoms with Crippen LogP contribution in [0.3, 0.4) is 0 Å². The van der Waals surface area contributed by atoms with Crippen LogP contribution in [0.5, 0.6) is 0 Å². The number of hydrogen-bond donors (Lipinski definition) is 0. The van der Waals surface area contributed by atoms with Crippen molar-refractivity contribution in [2.75, 3.05) is 24.8 Å². The van der Waals surface area contributed by atoms with Gasteiger partial charge in [-0.3, -0.25) is 0 Å². The molecule has 0 unspecified atom stereocenters. The number of alkyl halides is 2. The van der Waals surface area contributed by atoms with Crippen LogP contribution in [0.1, 0.15) is 0 Å². The molecule has 102 valence electrons. The van der Waals surface area contributed by atoms with Crippen LogP contribution in [0.25, 0.3) is 0 Å². The van der Waals surface area contributed by atoms with Gasteiger partial charge in [0.15, 0.2) is 0 Å². The molecule has 0 fully saturated rings. The van der Waals surface area contributed by atoms with Crippen molar-refractivity contribution in [2.24, 2.45) is 0 Å². The number of benzene rings is 1. The molecular weight excluding hydrogens is 324 g/mol. The van der Waals surface area contributed by atoms with Gasteiger partial charge < -0.3 is 0 Å². The summed E-state index contributed by atoms with van der Waals surface area (Å²) in [5.74, 6) is -0.443. The van der Waals surface area contributed by atoms with Crippen LogP contribution >= 0.6 is 34.8 Å². The summed E-state index contributed by atoms with van der Waals surface area (Å²) in [6.45, 7) is 0.174. The van der Waals surface area contributed by atoms with Crippen LogP contribution < -0.4 is 0 Å². The van der Waals surface area contributed by atoms with Crippen LogP contribution in [-0.4, -0.2) is 37.6 Å². The summed E-state index contributed by atoms with van der Waals surface area (Å²) < 4.78 is 38.7. The van der Waals surface area contributed by atoms with E-state index in [9.17, 15) is 12.8 Å². The normalized spacial score (nSPS) is 12.1. The van der Waals surface area contributed by atoms with Gasteiger partial charge >= 0.3 is 0 Å². The van der Waals surface area contributed by atoms with E-state index < -0.39 is 15.8 Å². The maximum absolute atomic E-state index is 13.1. The first-order valence-electron chi connectivity index (χ1n) is 5.00. The number of sulfonamides is 1. The Labute approximate surface area is 120 Å². The average Bonchev–Trinajstić information content (AvgIpc) is 2.32. The second kappa shape index (κ2) is 6.91. The number of rotatable bonds is 6. The lowest BCUT2D eigenvalue weighted by Crippen LogP contribution is -2.34. The molecule has 0 aliphatic carbocycles. The molecule has 0 bridgehead atoms. The quantitative estimate of drug-likeness (QED) is 0.750. The molecule has 1 aromatic carbocycles. The molecule has 0 amide bonds. The summed E-state index contributed by atoms with van der Waals surface area (Å²) in [5, 5.41) is -0.0365. The summed E-state index contributed by atoms with van der Waals surface area (Å²) >= 11 is 16.9. The highest BCUT2D eigenvalue weighted by Gasteiger charge is 2.26. The van der Waals surface area contributed by atoms with Gasteiger partial charge in [-0.1, -0.05) is 11.6 Å². The fourth-order valence-electron chi connectivity index (χ4n) is 1.35. The van der Waals surface area contributed by atoms with E-state index in [1.807, 2.05) is 0 Å². The molecule has 0 atom stereocenters. The van der Waals surface area contributed by atoms with Gasteiger partial charge in [0, 0.05) is 24.8 Å². The molecular formula is C10H11Cl3FNO2S. The molecule has 0 N–H and O–H groups in total. The Balaban J connectivity index is 3.21. The van der Waals surface area contributed by atoms with E-state index in [1.54, 1.807) is 0 Å². The monoisotopic (exact) mass is 333 g/mol. The Morgan fingerprint density at radius 1 is 1.17 bits per heavy atom. The van der Waals surface area contributed by atoms with Gasteiger partial charge in [0.25, 0.3) is 0 Å². The van der Waals surface area contributed by atoms with Crippen molar-refractivity contribution in [2.45, 2.75) is 4.90 Å². The number of halogens is 4. The molecule has 0 aromatic heterocycles. The van der Waals surface area contributed by atoms with Gasteiger partial charge in [-0.25, -0.2) is 12.8 Å². The standard InChI is InChI=1S/C10H11Cl3FNO2S/c11-3-5-15(6-4-12)18(16,17)10-7-8(14)1-2-9(10)13/h1-2,7H,3-6H2. The molecule has 8 heteroatoms. The molecule has 0 heterocycles. The van der Waals surface area contributed by atoms with Crippen molar-refractivity contribution in [1.82, 2.24) is 4.31 Å². The predicted octanol–water partition coefficient (Wildman–Crippen LogP) is 2.95. The van der Waals surface area contributed by atoms with Crippen LogP contribution in [-0.2, 0) is 10.0 Å². The predicted molar refractivity (Wildman–Crippen MR) is 71.6 cm³/mol. The molecule has 0 spiro atoms. The average molecular weight is 335 g/mol. The largest absolute Gasteiger partial charge is 0.244 e. The molecule has 1 rings (SSSR count). The highest BCUT2D eigenvalue weighted by Crippen LogP contribution is 2.25. The van der Waals surface area contributed by atoms with Gasteiger partial charge in [0.1, 0.15) is 10.7 Å². The van der Waals surface area contributed by atoms with E-state index in [-0.39, 0.29) is 34.8 Å². The molecule has 3 nitrogen and oxygen atoms in total. The van der Waals surface area contributed by atoms with Crippen LogP contribution in [0, 0.1) is 5.82 Å². The van der Waals surface area contributed by atoms with E-state index in [1.165, 1.54) is 6.07 Å². The van der Waals surface area contributed by atoms with Crippen molar-refractivity contribution in [3.8, 4) is 0 Å². The number of nitrogens with zero attached hydrogens (tertiary/aromatic N) is 1. The first-order chi connectivity index (χ1) is 8.43. The molecule has 0 aliphatic heterocycles. The first-order valence-corrected chi connectivity index (χ1v) is 7.89. The van der Waals surface area contributed by atoms with Crippen molar-refractivity contribution in [3.05, 3.63) is 29.0 Å². The lowest BCUT2D eigenvalue weighted by atomic mass is 10.3. The van der Waals surface area contributed by atoms with E-state index in [2.05, 4.69) is 0 Å². The number of hydrogen-bond acceptors (Lipinski definition) is 2. The Bertz CT molecular complexity index is 504. The molecule has 0 saturated carbocycles. The van der Waals surface area contributed by atoms with Crippen molar-refractivity contribution in [1.29, 1.82) is 0 Å².